The molecule has 0 fully saturated rings. The van der Waals surface area contributed by atoms with Crippen LogP contribution in [0.1, 0.15) is 21.8 Å². The van der Waals surface area contributed by atoms with Crippen LogP contribution < -0.4 is 10.6 Å². The van der Waals surface area contributed by atoms with Gasteiger partial charge in [-0.2, -0.15) is 5.10 Å². The molecule has 3 rings (SSSR count). The molecule has 2 N–H and O–H groups in total. The third-order valence-electron chi connectivity index (χ3n) is 4.02. The summed E-state index contributed by atoms with van der Waals surface area (Å²) in [7, 11) is 1.79. The number of benzene rings is 1. The second-order valence-electron chi connectivity index (χ2n) is 5.93. The molecular weight excluding hydrogens is 344 g/mol. The van der Waals surface area contributed by atoms with E-state index >= 15 is 0 Å². The highest BCUT2D eigenvalue weighted by Crippen LogP contribution is 2.10. The van der Waals surface area contributed by atoms with E-state index in [9.17, 15) is 0 Å². The van der Waals surface area contributed by atoms with Gasteiger partial charge in [-0.15, -0.1) is 11.3 Å². The van der Waals surface area contributed by atoms with Gasteiger partial charge in [0.15, 0.2) is 5.96 Å². The largest absolute Gasteiger partial charge is 0.356 e. The first-order valence-electron chi connectivity index (χ1n) is 8.64. The molecule has 0 spiro atoms. The van der Waals surface area contributed by atoms with E-state index in [1.165, 1.54) is 11.1 Å². The van der Waals surface area contributed by atoms with Gasteiger partial charge in [0, 0.05) is 44.3 Å². The van der Waals surface area contributed by atoms with E-state index in [4.69, 9.17) is 0 Å². The van der Waals surface area contributed by atoms with Crippen LogP contribution in [-0.4, -0.2) is 34.3 Å². The van der Waals surface area contributed by atoms with Crippen molar-refractivity contribution in [3.8, 4) is 0 Å². The maximum atomic E-state index is 4.48. The van der Waals surface area contributed by atoms with Crippen LogP contribution in [0.15, 0.2) is 53.1 Å². The lowest BCUT2D eigenvalue weighted by molar-refractivity contribution is 0.677. The summed E-state index contributed by atoms with van der Waals surface area (Å²) in [5, 5.41) is 14.2. The van der Waals surface area contributed by atoms with Gasteiger partial charge < -0.3 is 10.6 Å². The lowest BCUT2D eigenvalue weighted by Gasteiger charge is -2.14. The standard InChI is InChI=1S/C19H24N6S/c1-15-24-18(14-26-15)8-10-21-19(20-2)22-12-16-6-3-4-7-17(16)13-25-11-5-9-23-25/h3-7,9,11,14H,8,10,12-13H2,1-2H3,(H2,20,21,22). The van der Waals surface area contributed by atoms with E-state index < -0.39 is 0 Å². The average Bonchev–Trinajstić information content (AvgIpc) is 3.31. The van der Waals surface area contributed by atoms with E-state index in [2.05, 4.69) is 55.4 Å². The Bertz CT molecular complexity index is 837. The predicted molar refractivity (Wildman–Crippen MR) is 107 cm³/mol. The van der Waals surface area contributed by atoms with Crippen molar-refractivity contribution in [1.29, 1.82) is 0 Å². The molecule has 0 amide bonds. The van der Waals surface area contributed by atoms with E-state index in [0.29, 0.717) is 6.54 Å². The van der Waals surface area contributed by atoms with Crippen LogP contribution in [0.5, 0.6) is 0 Å². The fourth-order valence-electron chi connectivity index (χ4n) is 2.68. The number of aliphatic imine (C=N–C) groups is 1. The average molecular weight is 369 g/mol. The Morgan fingerprint density at radius 1 is 1.19 bits per heavy atom. The van der Waals surface area contributed by atoms with Crippen LogP contribution in [0.2, 0.25) is 0 Å². The molecule has 1 aromatic carbocycles. The summed E-state index contributed by atoms with van der Waals surface area (Å²) in [6, 6.07) is 10.3. The van der Waals surface area contributed by atoms with Crippen LogP contribution in [-0.2, 0) is 19.5 Å². The molecule has 0 bridgehead atoms. The second-order valence-corrected chi connectivity index (χ2v) is 6.99. The number of guanidine groups is 1. The number of hydrogen-bond donors (Lipinski definition) is 2. The monoisotopic (exact) mass is 368 g/mol. The van der Waals surface area contributed by atoms with E-state index in [-0.39, 0.29) is 0 Å². The van der Waals surface area contributed by atoms with Gasteiger partial charge in [0.05, 0.1) is 17.2 Å². The molecular formula is C19H24N6S. The van der Waals surface area contributed by atoms with Gasteiger partial charge in [-0.1, -0.05) is 24.3 Å². The number of rotatable bonds is 7. The van der Waals surface area contributed by atoms with E-state index in [0.717, 1.165) is 36.2 Å². The highest BCUT2D eigenvalue weighted by atomic mass is 32.1. The van der Waals surface area contributed by atoms with Gasteiger partial charge in [-0.3, -0.25) is 9.67 Å². The second kappa shape index (κ2) is 9.15. The minimum atomic E-state index is 0.715. The molecule has 3 aromatic rings. The van der Waals surface area contributed by atoms with Crippen LogP contribution in [0, 0.1) is 6.92 Å². The van der Waals surface area contributed by atoms with Crippen molar-refractivity contribution in [2.45, 2.75) is 26.4 Å². The lowest BCUT2D eigenvalue weighted by atomic mass is 10.1. The summed E-state index contributed by atoms with van der Waals surface area (Å²) in [6.07, 6.45) is 4.67. The van der Waals surface area contributed by atoms with Gasteiger partial charge in [0.2, 0.25) is 0 Å². The molecule has 26 heavy (non-hydrogen) atoms. The van der Waals surface area contributed by atoms with Gasteiger partial charge >= 0.3 is 0 Å². The van der Waals surface area contributed by atoms with Crippen LogP contribution >= 0.6 is 11.3 Å². The topological polar surface area (TPSA) is 67.1 Å². The Hall–Kier alpha value is -2.67. The maximum Gasteiger partial charge on any atom is 0.191 e. The van der Waals surface area contributed by atoms with Gasteiger partial charge in [-0.25, -0.2) is 4.98 Å². The van der Waals surface area contributed by atoms with Crippen molar-refractivity contribution in [2.75, 3.05) is 13.6 Å². The highest BCUT2D eigenvalue weighted by Gasteiger charge is 2.05. The normalized spacial score (nSPS) is 11.5. The molecule has 0 aliphatic rings. The minimum absolute atomic E-state index is 0.715. The maximum absolute atomic E-state index is 4.48. The SMILES string of the molecule is CN=C(NCCc1csc(C)n1)NCc1ccccc1Cn1cccn1. The predicted octanol–water partition coefficient (Wildman–Crippen LogP) is 2.60. The van der Waals surface area contributed by atoms with Crippen molar-refractivity contribution in [2.24, 2.45) is 4.99 Å². The Balaban J connectivity index is 1.52. The number of aromatic nitrogens is 3. The Labute approximate surface area is 158 Å². The van der Waals surface area contributed by atoms with E-state index in [1.54, 1.807) is 24.6 Å². The zero-order chi connectivity index (χ0) is 18.2. The summed E-state index contributed by atoms with van der Waals surface area (Å²) in [6.45, 7) is 4.31. The zero-order valence-corrected chi connectivity index (χ0v) is 16.0. The summed E-state index contributed by atoms with van der Waals surface area (Å²) in [4.78, 5) is 8.79. The highest BCUT2D eigenvalue weighted by molar-refractivity contribution is 7.09. The summed E-state index contributed by atoms with van der Waals surface area (Å²) >= 11 is 1.69. The number of thiazole rings is 1. The summed E-state index contributed by atoms with van der Waals surface area (Å²) < 4.78 is 1.93. The van der Waals surface area contributed by atoms with Crippen LogP contribution in [0.3, 0.4) is 0 Å². The fraction of sp³-hybridized carbons (Fsp3) is 0.316. The molecule has 136 valence electrons. The molecule has 0 saturated heterocycles. The first-order valence-corrected chi connectivity index (χ1v) is 9.52. The van der Waals surface area contributed by atoms with Gasteiger partial charge in [0.1, 0.15) is 0 Å². The van der Waals surface area contributed by atoms with Crippen molar-refractivity contribution in [3.63, 3.8) is 0 Å². The Morgan fingerprint density at radius 3 is 2.73 bits per heavy atom. The third-order valence-corrected chi connectivity index (χ3v) is 4.84. The third kappa shape index (κ3) is 5.16. The minimum Gasteiger partial charge on any atom is -0.356 e. The first kappa shape index (κ1) is 18.1. The molecule has 0 unspecified atom stereocenters. The molecule has 6 nitrogen and oxygen atoms in total. The molecule has 0 atom stereocenters. The molecule has 7 heteroatoms. The number of nitrogens with one attached hydrogen (secondary N) is 2. The molecule has 2 heterocycles. The smallest absolute Gasteiger partial charge is 0.191 e. The summed E-state index contributed by atoms with van der Waals surface area (Å²) in [5.41, 5.74) is 3.61. The lowest BCUT2D eigenvalue weighted by Crippen LogP contribution is -2.38. The van der Waals surface area contributed by atoms with Crippen LogP contribution in [0.25, 0.3) is 0 Å². The van der Waals surface area contributed by atoms with Crippen molar-refractivity contribution in [1.82, 2.24) is 25.4 Å². The Kier molecular flexibility index (Phi) is 6.38. The van der Waals surface area contributed by atoms with E-state index in [1.807, 2.05) is 23.9 Å². The number of aryl methyl sites for hydroxylation is 1. The van der Waals surface area contributed by atoms with Crippen molar-refractivity contribution >= 4 is 17.3 Å². The van der Waals surface area contributed by atoms with Crippen molar-refractivity contribution in [3.05, 3.63) is 69.9 Å². The summed E-state index contributed by atoms with van der Waals surface area (Å²) in [5.74, 6) is 0.797. The zero-order valence-electron chi connectivity index (χ0n) is 15.1. The number of hydrogen-bond acceptors (Lipinski definition) is 4. The molecule has 0 aliphatic heterocycles. The van der Waals surface area contributed by atoms with Crippen molar-refractivity contribution < 1.29 is 0 Å². The van der Waals surface area contributed by atoms with Crippen LogP contribution in [0.4, 0.5) is 0 Å². The molecule has 0 saturated carbocycles. The van der Waals surface area contributed by atoms with Gasteiger partial charge in [0.25, 0.3) is 0 Å². The molecule has 0 radical (unpaired) electrons. The number of nitrogens with zero attached hydrogens (tertiary/aromatic N) is 4. The molecule has 0 aliphatic carbocycles. The fourth-order valence-corrected chi connectivity index (χ4v) is 3.33. The molecule has 2 aromatic heterocycles. The van der Waals surface area contributed by atoms with Gasteiger partial charge in [-0.05, 0) is 24.1 Å². The Morgan fingerprint density at radius 2 is 2.04 bits per heavy atom. The first-order chi connectivity index (χ1) is 12.7. The quantitative estimate of drug-likeness (QED) is 0.497.